The first-order chi connectivity index (χ1) is 12.3. The molecule has 3 rings (SSSR count). The van der Waals surface area contributed by atoms with Gasteiger partial charge in [-0.3, -0.25) is 4.68 Å². The minimum absolute atomic E-state index is 0.0274. The predicted molar refractivity (Wildman–Crippen MR) is 101 cm³/mol. The van der Waals surface area contributed by atoms with Gasteiger partial charge in [-0.1, -0.05) is 38.0 Å². The van der Waals surface area contributed by atoms with Crippen LogP contribution < -0.4 is 10.1 Å². The van der Waals surface area contributed by atoms with Crippen LogP contribution in [-0.2, 0) is 12.1 Å². The zero-order chi connectivity index (χ0) is 17.5. The summed E-state index contributed by atoms with van der Waals surface area (Å²) in [4.78, 5) is 0. The average Bonchev–Trinajstić information content (AvgIpc) is 3.32. The number of benzene rings is 1. The maximum absolute atomic E-state index is 5.45. The summed E-state index contributed by atoms with van der Waals surface area (Å²) in [6.07, 6.45) is 13.1. The van der Waals surface area contributed by atoms with E-state index in [9.17, 15) is 0 Å². The zero-order valence-electron chi connectivity index (χ0n) is 15.4. The number of rotatable bonds is 8. The predicted octanol–water partition coefficient (Wildman–Crippen LogP) is 4.63. The second-order valence-corrected chi connectivity index (χ2v) is 6.80. The highest BCUT2D eigenvalue weighted by Crippen LogP contribution is 2.40. The number of nitrogens with one attached hydrogen (secondary N) is 1. The summed E-state index contributed by atoms with van der Waals surface area (Å²) in [6, 6.07) is 10.5. The van der Waals surface area contributed by atoms with Crippen LogP contribution in [-0.4, -0.2) is 16.9 Å². The molecule has 0 saturated heterocycles. The van der Waals surface area contributed by atoms with E-state index in [2.05, 4.69) is 41.6 Å². The summed E-state index contributed by atoms with van der Waals surface area (Å²) in [5.74, 6) is 0.933. The van der Waals surface area contributed by atoms with E-state index >= 15 is 0 Å². The highest BCUT2D eigenvalue weighted by molar-refractivity contribution is 5.35. The van der Waals surface area contributed by atoms with Gasteiger partial charge in [-0.25, -0.2) is 0 Å². The van der Waals surface area contributed by atoms with Gasteiger partial charge in [-0.15, -0.1) is 0 Å². The zero-order valence-corrected chi connectivity index (χ0v) is 15.4. The number of methoxy groups -OCH3 is 1. The Balaban J connectivity index is 1.79. The molecule has 1 heterocycles. The lowest BCUT2D eigenvalue weighted by Gasteiger charge is -2.34. The lowest BCUT2D eigenvalue weighted by atomic mass is 9.87. The molecule has 0 amide bonds. The van der Waals surface area contributed by atoms with Crippen LogP contribution in [0, 0.1) is 0 Å². The van der Waals surface area contributed by atoms with Crippen molar-refractivity contribution >= 4 is 0 Å². The Morgan fingerprint density at radius 3 is 2.84 bits per heavy atom. The molecule has 0 unspecified atom stereocenters. The summed E-state index contributed by atoms with van der Waals surface area (Å²) in [5, 5.41) is 8.25. The topological polar surface area (TPSA) is 39.1 Å². The Hall–Kier alpha value is -2.23. The summed E-state index contributed by atoms with van der Waals surface area (Å²) in [6.45, 7) is 3.10. The lowest BCUT2D eigenvalue weighted by molar-refractivity contribution is 0.361. The van der Waals surface area contributed by atoms with Gasteiger partial charge in [0.1, 0.15) is 5.75 Å². The third-order valence-electron chi connectivity index (χ3n) is 5.10. The summed E-state index contributed by atoms with van der Waals surface area (Å²) in [7, 11) is 1.74. The van der Waals surface area contributed by atoms with Crippen LogP contribution >= 0.6 is 0 Å². The van der Waals surface area contributed by atoms with Crippen molar-refractivity contribution in [2.75, 3.05) is 7.11 Å². The van der Waals surface area contributed by atoms with Gasteiger partial charge in [0.2, 0.25) is 0 Å². The molecule has 134 valence electrons. The van der Waals surface area contributed by atoms with Gasteiger partial charge in [0.05, 0.1) is 12.6 Å². The van der Waals surface area contributed by atoms with Crippen LogP contribution in [0.5, 0.6) is 5.75 Å². The SMILES string of the molecule is CC/C=C(/CCn1cccn1)NC1(c2cccc(OC)c2)CCCC1. The quantitative estimate of drug-likeness (QED) is 0.762. The van der Waals surface area contributed by atoms with E-state index in [4.69, 9.17) is 4.74 Å². The number of allylic oxidation sites excluding steroid dienone is 2. The molecule has 1 aliphatic rings. The minimum Gasteiger partial charge on any atom is -0.497 e. The van der Waals surface area contributed by atoms with E-state index in [1.54, 1.807) is 7.11 Å². The fraction of sp³-hybridized carbons (Fsp3) is 0.476. The second-order valence-electron chi connectivity index (χ2n) is 6.80. The summed E-state index contributed by atoms with van der Waals surface area (Å²) < 4.78 is 7.45. The van der Waals surface area contributed by atoms with E-state index in [0.29, 0.717) is 0 Å². The molecule has 1 N–H and O–H groups in total. The molecule has 2 aromatic rings. The van der Waals surface area contributed by atoms with Gasteiger partial charge in [0.25, 0.3) is 0 Å². The molecule has 25 heavy (non-hydrogen) atoms. The molecule has 0 atom stereocenters. The van der Waals surface area contributed by atoms with Crippen molar-refractivity contribution in [3.8, 4) is 5.75 Å². The standard InChI is InChI=1S/C21H29N3O/c1-3-8-19(11-16-24-15-7-14-22-24)23-21(12-4-5-13-21)18-9-6-10-20(17-18)25-2/h6-10,14-15,17,23H,3-5,11-13,16H2,1-2H3/b19-8-. The summed E-state index contributed by atoms with van der Waals surface area (Å²) >= 11 is 0. The first-order valence-corrected chi connectivity index (χ1v) is 9.35. The second kappa shape index (κ2) is 8.24. The van der Waals surface area contributed by atoms with Crippen LogP contribution in [0.25, 0.3) is 0 Å². The maximum atomic E-state index is 5.45. The number of nitrogens with zero attached hydrogens (tertiary/aromatic N) is 2. The molecule has 1 saturated carbocycles. The molecule has 1 aromatic heterocycles. The third kappa shape index (κ3) is 4.25. The molecule has 0 radical (unpaired) electrons. The lowest BCUT2D eigenvalue weighted by Crippen LogP contribution is -2.39. The molecule has 1 aromatic carbocycles. The number of hydrogen-bond donors (Lipinski definition) is 1. The molecule has 1 fully saturated rings. The van der Waals surface area contributed by atoms with E-state index in [1.165, 1.54) is 36.9 Å². The number of hydrogen-bond acceptors (Lipinski definition) is 3. The monoisotopic (exact) mass is 339 g/mol. The molecule has 4 nitrogen and oxygen atoms in total. The Kier molecular flexibility index (Phi) is 5.79. The van der Waals surface area contributed by atoms with E-state index in [-0.39, 0.29) is 5.54 Å². The van der Waals surface area contributed by atoms with Crippen molar-refractivity contribution in [1.82, 2.24) is 15.1 Å². The van der Waals surface area contributed by atoms with Gasteiger partial charge in [-0.05, 0) is 43.0 Å². The highest BCUT2D eigenvalue weighted by atomic mass is 16.5. The van der Waals surface area contributed by atoms with Crippen LogP contribution in [0.2, 0.25) is 0 Å². The van der Waals surface area contributed by atoms with E-state index in [1.807, 2.05) is 29.2 Å². The molecule has 0 spiro atoms. The fourth-order valence-electron chi connectivity index (χ4n) is 3.82. The van der Waals surface area contributed by atoms with E-state index in [0.717, 1.165) is 25.1 Å². The van der Waals surface area contributed by atoms with Crippen molar-refractivity contribution in [1.29, 1.82) is 0 Å². The number of aromatic nitrogens is 2. The van der Waals surface area contributed by atoms with Crippen molar-refractivity contribution in [3.05, 3.63) is 60.1 Å². The molecule has 4 heteroatoms. The van der Waals surface area contributed by atoms with Crippen molar-refractivity contribution in [3.63, 3.8) is 0 Å². The van der Waals surface area contributed by atoms with Crippen molar-refractivity contribution in [2.24, 2.45) is 0 Å². The molecular weight excluding hydrogens is 310 g/mol. The number of aryl methyl sites for hydroxylation is 1. The van der Waals surface area contributed by atoms with Crippen LogP contribution in [0.3, 0.4) is 0 Å². The first-order valence-electron chi connectivity index (χ1n) is 9.35. The van der Waals surface area contributed by atoms with Gasteiger partial charge in [0, 0.05) is 31.1 Å². The maximum Gasteiger partial charge on any atom is 0.119 e. The largest absolute Gasteiger partial charge is 0.497 e. The highest BCUT2D eigenvalue weighted by Gasteiger charge is 2.36. The van der Waals surface area contributed by atoms with Gasteiger partial charge in [0.15, 0.2) is 0 Å². The van der Waals surface area contributed by atoms with Gasteiger partial charge in [-0.2, -0.15) is 5.10 Å². The molecule has 1 aliphatic carbocycles. The van der Waals surface area contributed by atoms with E-state index < -0.39 is 0 Å². The van der Waals surface area contributed by atoms with Crippen molar-refractivity contribution < 1.29 is 4.74 Å². The normalized spacial score (nSPS) is 16.8. The molecular formula is C21H29N3O. The smallest absolute Gasteiger partial charge is 0.119 e. The fourth-order valence-corrected chi connectivity index (χ4v) is 3.82. The molecule has 0 bridgehead atoms. The number of ether oxygens (including phenoxy) is 1. The Bertz CT molecular complexity index is 685. The Morgan fingerprint density at radius 2 is 2.16 bits per heavy atom. The first kappa shape index (κ1) is 17.6. The molecule has 0 aliphatic heterocycles. The third-order valence-corrected chi connectivity index (χ3v) is 5.10. The van der Waals surface area contributed by atoms with Crippen molar-refractivity contribution in [2.45, 2.75) is 57.5 Å². The van der Waals surface area contributed by atoms with Gasteiger partial charge >= 0.3 is 0 Å². The van der Waals surface area contributed by atoms with Gasteiger partial charge < -0.3 is 10.1 Å². The van der Waals surface area contributed by atoms with Crippen LogP contribution in [0.4, 0.5) is 0 Å². The average molecular weight is 339 g/mol. The minimum atomic E-state index is 0.0274. The van der Waals surface area contributed by atoms with Crippen LogP contribution in [0.1, 0.15) is 51.0 Å². The Labute approximate surface area is 150 Å². The van der Waals surface area contributed by atoms with Crippen LogP contribution in [0.15, 0.2) is 54.5 Å². The summed E-state index contributed by atoms with van der Waals surface area (Å²) in [5.41, 5.74) is 2.69. The Morgan fingerprint density at radius 1 is 1.32 bits per heavy atom.